The van der Waals surface area contributed by atoms with Crippen molar-refractivity contribution in [2.24, 2.45) is 16.8 Å². The summed E-state index contributed by atoms with van der Waals surface area (Å²) in [7, 11) is 0. The minimum Gasteiger partial charge on any atom is -0.393 e. The maximum atomic E-state index is 9.48. The SMILES string of the molecule is C=NC1CCC(C2CCC(O)CC2)CC1. The second kappa shape index (κ2) is 5.11. The van der Waals surface area contributed by atoms with Gasteiger partial charge in [-0.05, 0) is 69.9 Å². The van der Waals surface area contributed by atoms with Gasteiger partial charge in [0.2, 0.25) is 0 Å². The molecule has 2 saturated carbocycles. The molecule has 2 heteroatoms. The number of aliphatic imine (C=N–C) groups is 1. The van der Waals surface area contributed by atoms with Gasteiger partial charge in [-0.2, -0.15) is 0 Å². The summed E-state index contributed by atoms with van der Waals surface area (Å²) in [6, 6.07) is 0.537. The normalized spacial score (nSPS) is 42.5. The molecule has 2 fully saturated rings. The molecule has 0 aromatic carbocycles. The van der Waals surface area contributed by atoms with E-state index in [0.29, 0.717) is 6.04 Å². The average Bonchev–Trinajstić information content (AvgIpc) is 2.30. The Hall–Kier alpha value is -0.370. The molecule has 0 aromatic heterocycles. The molecule has 0 saturated heterocycles. The van der Waals surface area contributed by atoms with Crippen molar-refractivity contribution >= 4 is 6.72 Å². The van der Waals surface area contributed by atoms with Crippen LogP contribution in [0.4, 0.5) is 0 Å². The maximum absolute atomic E-state index is 9.48. The summed E-state index contributed by atoms with van der Waals surface area (Å²) < 4.78 is 0. The van der Waals surface area contributed by atoms with Crippen molar-refractivity contribution in [3.8, 4) is 0 Å². The van der Waals surface area contributed by atoms with Gasteiger partial charge in [-0.1, -0.05) is 0 Å². The lowest BCUT2D eigenvalue weighted by atomic mass is 9.72. The van der Waals surface area contributed by atoms with E-state index in [9.17, 15) is 5.11 Å². The Morgan fingerprint density at radius 3 is 1.73 bits per heavy atom. The van der Waals surface area contributed by atoms with Crippen LogP contribution in [0.2, 0.25) is 0 Å². The molecule has 0 unspecified atom stereocenters. The highest BCUT2D eigenvalue weighted by atomic mass is 16.3. The molecule has 86 valence electrons. The van der Waals surface area contributed by atoms with Gasteiger partial charge in [0.05, 0.1) is 6.10 Å². The third-order valence-electron chi connectivity index (χ3n) is 4.41. The molecule has 0 bridgehead atoms. The largest absolute Gasteiger partial charge is 0.393 e. The lowest BCUT2D eigenvalue weighted by molar-refractivity contribution is 0.0808. The Labute approximate surface area is 92.8 Å². The van der Waals surface area contributed by atoms with Crippen LogP contribution in [-0.4, -0.2) is 24.0 Å². The number of aliphatic hydroxyl groups excluding tert-OH is 1. The molecule has 0 heterocycles. The average molecular weight is 209 g/mol. The van der Waals surface area contributed by atoms with Crippen LogP contribution in [0.15, 0.2) is 4.99 Å². The van der Waals surface area contributed by atoms with Crippen LogP contribution in [0.5, 0.6) is 0 Å². The van der Waals surface area contributed by atoms with Gasteiger partial charge in [0.25, 0.3) is 0 Å². The number of hydrogen-bond donors (Lipinski definition) is 1. The van der Waals surface area contributed by atoms with Crippen LogP contribution in [0, 0.1) is 11.8 Å². The molecule has 2 rings (SSSR count). The summed E-state index contributed by atoms with van der Waals surface area (Å²) in [4.78, 5) is 4.15. The summed E-state index contributed by atoms with van der Waals surface area (Å²) in [6.45, 7) is 3.65. The molecular weight excluding hydrogens is 186 g/mol. The van der Waals surface area contributed by atoms with E-state index in [1.165, 1.54) is 38.5 Å². The van der Waals surface area contributed by atoms with Crippen LogP contribution in [0.1, 0.15) is 51.4 Å². The summed E-state index contributed by atoms with van der Waals surface area (Å²) >= 11 is 0. The van der Waals surface area contributed by atoms with E-state index in [2.05, 4.69) is 11.7 Å². The zero-order valence-electron chi connectivity index (χ0n) is 9.57. The molecule has 2 aliphatic carbocycles. The molecule has 0 aromatic rings. The van der Waals surface area contributed by atoms with Gasteiger partial charge in [-0.25, -0.2) is 0 Å². The third-order valence-corrected chi connectivity index (χ3v) is 4.41. The molecule has 15 heavy (non-hydrogen) atoms. The fraction of sp³-hybridized carbons (Fsp3) is 0.923. The molecule has 0 atom stereocenters. The van der Waals surface area contributed by atoms with E-state index in [-0.39, 0.29) is 6.10 Å². The predicted octanol–water partition coefficient (Wildman–Crippen LogP) is 2.80. The van der Waals surface area contributed by atoms with Crippen molar-refractivity contribution in [3.05, 3.63) is 0 Å². The van der Waals surface area contributed by atoms with Crippen LogP contribution in [-0.2, 0) is 0 Å². The second-order valence-corrected chi connectivity index (χ2v) is 5.32. The van der Waals surface area contributed by atoms with E-state index in [1.54, 1.807) is 0 Å². The number of rotatable bonds is 2. The van der Waals surface area contributed by atoms with Gasteiger partial charge in [0.1, 0.15) is 0 Å². The predicted molar refractivity (Wildman–Crippen MR) is 63.3 cm³/mol. The van der Waals surface area contributed by atoms with Gasteiger partial charge >= 0.3 is 0 Å². The molecule has 0 aliphatic heterocycles. The number of hydrogen-bond acceptors (Lipinski definition) is 2. The van der Waals surface area contributed by atoms with Crippen molar-refractivity contribution in [1.29, 1.82) is 0 Å². The van der Waals surface area contributed by atoms with Gasteiger partial charge in [-0.3, -0.25) is 4.99 Å². The van der Waals surface area contributed by atoms with Crippen molar-refractivity contribution in [3.63, 3.8) is 0 Å². The van der Waals surface area contributed by atoms with Gasteiger partial charge < -0.3 is 5.11 Å². The maximum Gasteiger partial charge on any atom is 0.0540 e. The third kappa shape index (κ3) is 2.81. The highest BCUT2D eigenvalue weighted by molar-refractivity contribution is 5.24. The quantitative estimate of drug-likeness (QED) is 0.697. The van der Waals surface area contributed by atoms with E-state index in [4.69, 9.17) is 0 Å². The Morgan fingerprint density at radius 2 is 1.27 bits per heavy atom. The molecule has 0 amide bonds. The first-order valence-corrected chi connectivity index (χ1v) is 6.43. The molecule has 1 N–H and O–H groups in total. The van der Waals surface area contributed by atoms with E-state index < -0.39 is 0 Å². The van der Waals surface area contributed by atoms with Crippen molar-refractivity contribution in [2.45, 2.75) is 63.5 Å². The Balaban J connectivity index is 1.78. The van der Waals surface area contributed by atoms with Crippen LogP contribution in [0.3, 0.4) is 0 Å². The smallest absolute Gasteiger partial charge is 0.0540 e. The summed E-state index contributed by atoms with van der Waals surface area (Å²) in [5.41, 5.74) is 0. The zero-order chi connectivity index (χ0) is 10.7. The molecule has 0 radical (unpaired) electrons. The summed E-state index contributed by atoms with van der Waals surface area (Å²) in [5, 5.41) is 9.48. The van der Waals surface area contributed by atoms with Crippen LogP contribution < -0.4 is 0 Å². The van der Waals surface area contributed by atoms with E-state index >= 15 is 0 Å². The second-order valence-electron chi connectivity index (χ2n) is 5.32. The fourth-order valence-electron chi connectivity index (χ4n) is 3.33. The topological polar surface area (TPSA) is 32.6 Å². The highest BCUT2D eigenvalue weighted by Gasteiger charge is 2.29. The first-order valence-electron chi connectivity index (χ1n) is 6.43. The van der Waals surface area contributed by atoms with E-state index in [1.807, 2.05) is 0 Å². The van der Waals surface area contributed by atoms with Gasteiger partial charge in [-0.15, -0.1) is 0 Å². The molecule has 2 aliphatic rings. The minimum atomic E-state index is -0.00701. The standard InChI is InChI=1S/C13H23NO/c1-14-12-6-2-10(3-7-12)11-4-8-13(15)9-5-11/h10-13,15H,1-9H2. The first-order chi connectivity index (χ1) is 7.29. The monoisotopic (exact) mass is 209 g/mol. The lowest BCUT2D eigenvalue weighted by Gasteiger charge is -2.35. The lowest BCUT2D eigenvalue weighted by Crippen LogP contribution is -2.28. The van der Waals surface area contributed by atoms with Gasteiger partial charge in [0, 0.05) is 6.04 Å². The molecular formula is C13H23NO. The summed E-state index contributed by atoms with van der Waals surface area (Å²) in [5.74, 6) is 1.80. The first kappa shape index (κ1) is 11.1. The van der Waals surface area contributed by atoms with Crippen molar-refractivity contribution < 1.29 is 5.11 Å². The molecule has 0 spiro atoms. The zero-order valence-corrected chi connectivity index (χ0v) is 9.57. The highest BCUT2D eigenvalue weighted by Crippen LogP contribution is 2.38. The fourth-order valence-corrected chi connectivity index (χ4v) is 3.33. The minimum absolute atomic E-state index is 0.00701. The van der Waals surface area contributed by atoms with Crippen molar-refractivity contribution in [2.75, 3.05) is 0 Å². The summed E-state index contributed by atoms with van der Waals surface area (Å²) in [6.07, 6.45) is 9.72. The Bertz CT molecular complexity index is 201. The van der Waals surface area contributed by atoms with Crippen LogP contribution >= 0.6 is 0 Å². The Morgan fingerprint density at radius 1 is 0.800 bits per heavy atom. The van der Waals surface area contributed by atoms with Gasteiger partial charge in [0.15, 0.2) is 0 Å². The van der Waals surface area contributed by atoms with E-state index in [0.717, 1.165) is 24.7 Å². The Kier molecular flexibility index (Phi) is 3.79. The molecule has 2 nitrogen and oxygen atoms in total. The van der Waals surface area contributed by atoms with Crippen LogP contribution in [0.25, 0.3) is 0 Å². The number of nitrogens with zero attached hydrogens (tertiary/aromatic N) is 1. The number of aliphatic hydroxyl groups is 1. The van der Waals surface area contributed by atoms with Crippen molar-refractivity contribution in [1.82, 2.24) is 0 Å².